The van der Waals surface area contributed by atoms with E-state index in [2.05, 4.69) is 22.4 Å². The first-order valence-corrected chi connectivity index (χ1v) is 7.96. The Bertz CT molecular complexity index is 643. The molecule has 0 aliphatic rings. The fourth-order valence-electron chi connectivity index (χ4n) is 1.92. The van der Waals surface area contributed by atoms with Crippen molar-refractivity contribution in [1.29, 1.82) is 0 Å². The van der Waals surface area contributed by atoms with Crippen LogP contribution in [0.25, 0.3) is 0 Å². The standard InChI is InChI=1S/C15H19N3O3S/c1-3-4-5-6-13-17-18-15(22-13)16-14(20)11-9-10(21-2)7-8-12(11)19/h7-9,19H,3-6H2,1-2H3,(H,16,18,20). The summed E-state index contributed by atoms with van der Waals surface area (Å²) in [6.07, 6.45) is 4.23. The molecule has 2 rings (SSSR count). The van der Waals surface area contributed by atoms with E-state index in [0.717, 1.165) is 30.7 Å². The third kappa shape index (κ3) is 4.17. The van der Waals surface area contributed by atoms with Crippen molar-refractivity contribution in [2.45, 2.75) is 32.6 Å². The second kappa shape index (κ2) is 7.74. The number of aromatic nitrogens is 2. The number of carbonyl (C=O) groups is 1. The first kappa shape index (κ1) is 16.2. The molecular formula is C15H19N3O3S. The van der Waals surface area contributed by atoms with Gasteiger partial charge in [-0.25, -0.2) is 0 Å². The number of hydrogen-bond donors (Lipinski definition) is 2. The minimum Gasteiger partial charge on any atom is -0.507 e. The zero-order valence-electron chi connectivity index (χ0n) is 12.6. The van der Waals surface area contributed by atoms with E-state index in [1.54, 1.807) is 6.07 Å². The molecule has 0 bridgehead atoms. The van der Waals surface area contributed by atoms with E-state index in [9.17, 15) is 9.90 Å². The maximum absolute atomic E-state index is 12.2. The molecule has 0 unspecified atom stereocenters. The smallest absolute Gasteiger partial charge is 0.261 e. The van der Waals surface area contributed by atoms with Gasteiger partial charge >= 0.3 is 0 Å². The number of methoxy groups -OCH3 is 1. The molecule has 6 nitrogen and oxygen atoms in total. The van der Waals surface area contributed by atoms with Crippen LogP contribution in [0.4, 0.5) is 5.13 Å². The number of amides is 1. The number of unbranched alkanes of at least 4 members (excludes halogenated alkanes) is 2. The molecule has 2 aromatic rings. The molecule has 0 atom stereocenters. The predicted molar refractivity (Wildman–Crippen MR) is 85.8 cm³/mol. The highest BCUT2D eigenvalue weighted by molar-refractivity contribution is 7.15. The van der Waals surface area contributed by atoms with E-state index in [-0.39, 0.29) is 11.3 Å². The molecule has 1 amide bonds. The normalized spacial score (nSPS) is 10.5. The van der Waals surface area contributed by atoms with Gasteiger partial charge in [0.15, 0.2) is 0 Å². The second-order valence-corrected chi connectivity index (χ2v) is 5.86. The second-order valence-electron chi connectivity index (χ2n) is 4.80. The van der Waals surface area contributed by atoms with Crippen molar-refractivity contribution in [3.05, 3.63) is 28.8 Å². The summed E-state index contributed by atoms with van der Waals surface area (Å²) in [5.74, 6) is -0.0425. The third-order valence-corrected chi connectivity index (χ3v) is 4.03. The first-order chi connectivity index (χ1) is 10.6. The van der Waals surface area contributed by atoms with Crippen LogP contribution in [-0.2, 0) is 6.42 Å². The van der Waals surface area contributed by atoms with E-state index in [1.807, 2.05) is 0 Å². The summed E-state index contributed by atoms with van der Waals surface area (Å²) >= 11 is 1.36. The molecule has 1 aromatic heterocycles. The van der Waals surface area contributed by atoms with Crippen LogP contribution >= 0.6 is 11.3 Å². The number of phenols is 1. The first-order valence-electron chi connectivity index (χ1n) is 7.14. The lowest BCUT2D eigenvalue weighted by molar-refractivity contribution is 0.102. The molecule has 22 heavy (non-hydrogen) atoms. The number of aromatic hydroxyl groups is 1. The van der Waals surface area contributed by atoms with Gasteiger partial charge in [0.25, 0.3) is 5.91 Å². The number of hydrogen-bond acceptors (Lipinski definition) is 6. The van der Waals surface area contributed by atoms with E-state index >= 15 is 0 Å². The van der Waals surface area contributed by atoms with Crippen molar-refractivity contribution in [3.8, 4) is 11.5 Å². The van der Waals surface area contributed by atoms with Crippen LogP contribution in [-0.4, -0.2) is 28.3 Å². The average molecular weight is 321 g/mol. The van der Waals surface area contributed by atoms with Gasteiger partial charge in [-0.3, -0.25) is 10.1 Å². The highest BCUT2D eigenvalue weighted by atomic mass is 32.1. The molecule has 2 N–H and O–H groups in total. The maximum Gasteiger partial charge on any atom is 0.261 e. The SMILES string of the molecule is CCCCCc1nnc(NC(=O)c2cc(OC)ccc2O)s1. The fraction of sp³-hybridized carbons (Fsp3) is 0.400. The van der Waals surface area contributed by atoms with Gasteiger partial charge in [0.05, 0.1) is 12.7 Å². The zero-order chi connectivity index (χ0) is 15.9. The van der Waals surface area contributed by atoms with Crippen molar-refractivity contribution in [3.63, 3.8) is 0 Å². The maximum atomic E-state index is 12.2. The Morgan fingerprint density at radius 2 is 2.18 bits per heavy atom. The van der Waals surface area contributed by atoms with Crippen molar-refractivity contribution in [2.24, 2.45) is 0 Å². The lowest BCUT2D eigenvalue weighted by atomic mass is 10.2. The molecule has 1 heterocycles. The quantitative estimate of drug-likeness (QED) is 0.765. The van der Waals surface area contributed by atoms with E-state index in [4.69, 9.17) is 4.74 Å². The van der Waals surface area contributed by atoms with Gasteiger partial charge in [-0.2, -0.15) is 0 Å². The lowest BCUT2D eigenvalue weighted by Gasteiger charge is -2.06. The topological polar surface area (TPSA) is 84.3 Å². The summed E-state index contributed by atoms with van der Waals surface area (Å²) in [6.45, 7) is 2.15. The minimum absolute atomic E-state index is 0.106. The predicted octanol–water partition coefficient (Wildman–Crippen LogP) is 3.24. The highest BCUT2D eigenvalue weighted by Crippen LogP contribution is 2.25. The monoisotopic (exact) mass is 321 g/mol. The largest absolute Gasteiger partial charge is 0.507 e. The van der Waals surface area contributed by atoms with Gasteiger partial charge in [0.1, 0.15) is 16.5 Å². The molecule has 0 aliphatic heterocycles. The number of benzene rings is 1. The van der Waals surface area contributed by atoms with E-state index < -0.39 is 5.91 Å². The molecule has 118 valence electrons. The van der Waals surface area contributed by atoms with E-state index in [0.29, 0.717) is 10.9 Å². The van der Waals surface area contributed by atoms with Crippen molar-refractivity contribution >= 4 is 22.4 Å². The summed E-state index contributed by atoms with van der Waals surface area (Å²) in [5, 5.41) is 21.8. The van der Waals surface area contributed by atoms with Crippen LogP contribution in [0.5, 0.6) is 11.5 Å². The minimum atomic E-state index is -0.437. The van der Waals surface area contributed by atoms with Crippen molar-refractivity contribution in [2.75, 3.05) is 12.4 Å². The highest BCUT2D eigenvalue weighted by Gasteiger charge is 2.15. The molecular weight excluding hydrogens is 302 g/mol. The van der Waals surface area contributed by atoms with Crippen molar-refractivity contribution in [1.82, 2.24) is 10.2 Å². The summed E-state index contributed by atoms with van der Waals surface area (Å²) in [5.41, 5.74) is 0.141. The average Bonchev–Trinajstić information content (AvgIpc) is 2.95. The molecule has 0 radical (unpaired) electrons. The Hall–Kier alpha value is -2.15. The number of phenolic OH excluding ortho intramolecular Hbond substituents is 1. The van der Waals surface area contributed by atoms with Crippen LogP contribution in [0, 0.1) is 0 Å². The van der Waals surface area contributed by atoms with Gasteiger partial charge < -0.3 is 9.84 Å². The number of nitrogens with one attached hydrogen (secondary N) is 1. The number of carbonyl (C=O) groups excluding carboxylic acids is 1. The van der Waals surface area contributed by atoms with Gasteiger partial charge in [0.2, 0.25) is 5.13 Å². The Morgan fingerprint density at radius 3 is 2.91 bits per heavy atom. The van der Waals surface area contributed by atoms with Crippen LogP contribution in [0.3, 0.4) is 0 Å². The fourth-order valence-corrected chi connectivity index (χ4v) is 2.70. The molecule has 0 saturated heterocycles. The molecule has 0 spiro atoms. The summed E-state index contributed by atoms with van der Waals surface area (Å²) < 4.78 is 5.05. The number of rotatable bonds is 7. The van der Waals surface area contributed by atoms with Crippen LogP contribution in [0.1, 0.15) is 41.6 Å². The van der Waals surface area contributed by atoms with E-state index in [1.165, 1.54) is 30.6 Å². The molecule has 0 saturated carbocycles. The molecule has 0 fully saturated rings. The third-order valence-electron chi connectivity index (χ3n) is 3.13. The number of ether oxygens (including phenoxy) is 1. The Labute approximate surface area is 133 Å². The number of anilines is 1. The van der Waals surface area contributed by atoms with Crippen LogP contribution in [0.2, 0.25) is 0 Å². The van der Waals surface area contributed by atoms with Gasteiger partial charge in [0, 0.05) is 6.42 Å². The summed E-state index contributed by atoms with van der Waals surface area (Å²) in [4.78, 5) is 12.2. The Kier molecular flexibility index (Phi) is 5.71. The lowest BCUT2D eigenvalue weighted by Crippen LogP contribution is -2.12. The van der Waals surface area contributed by atoms with Gasteiger partial charge in [-0.1, -0.05) is 31.1 Å². The molecule has 0 aliphatic carbocycles. The summed E-state index contributed by atoms with van der Waals surface area (Å²) in [6, 6.07) is 4.49. The zero-order valence-corrected chi connectivity index (χ0v) is 13.4. The number of nitrogens with zero attached hydrogens (tertiary/aromatic N) is 2. The van der Waals surface area contributed by atoms with Gasteiger partial charge in [-0.15, -0.1) is 10.2 Å². The molecule has 7 heteroatoms. The number of aryl methyl sites for hydroxylation is 1. The van der Waals surface area contributed by atoms with Gasteiger partial charge in [-0.05, 0) is 24.6 Å². The van der Waals surface area contributed by atoms with Crippen LogP contribution < -0.4 is 10.1 Å². The molecule has 1 aromatic carbocycles. The van der Waals surface area contributed by atoms with Crippen LogP contribution in [0.15, 0.2) is 18.2 Å². The Balaban J connectivity index is 2.03. The van der Waals surface area contributed by atoms with Crippen molar-refractivity contribution < 1.29 is 14.6 Å². The summed E-state index contributed by atoms with van der Waals surface area (Å²) in [7, 11) is 1.50. The Morgan fingerprint density at radius 1 is 1.36 bits per heavy atom.